The molecule has 0 saturated heterocycles. The number of aromatic nitrogens is 4. The van der Waals surface area contributed by atoms with E-state index in [0.29, 0.717) is 0 Å². The van der Waals surface area contributed by atoms with E-state index in [1.807, 2.05) is 0 Å². The minimum atomic E-state index is -2.60. The Morgan fingerprint density at radius 1 is 0.148 bits per heavy atom. The molecule has 0 N–H and O–H groups in total. The predicted molar refractivity (Wildman–Crippen MR) is 544 cm³/mol. The lowest BCUT2D eigenvalue weighted by Crippen LogP contribution is -2.76. The topological polar surface area (TPSA) is 46.0 Å². The van der Waals surface area contributed by atoms with Crippen LogP contribution in [0.4, 0.5) is 0 Å². The molecule has 6 aromatic heterocycles. The fraction of sp³-hybridized carbons (Fsp3) is 0. The van der Waals surface area contributed by atoms with Crippen LogP contribution in [0.5, 0.6) is 0 Å². The van der Waals surface area contributed by atoms with Crippen molar-refractivity contribution in [3.63, 3.8) is 0 Å². The van der Waals surface area contributed by atoms with E-state index in [0.717, 1.165) is 60.9 Å². The van der Waals surface area contributed by atoms with Crippen LogP contribution in [0.2, 0.25) is 0 Å². The smallest absolute Gasteiger partial charge is 0.179 e. The molecule has 0 atom stereocenters. The normalized spacial score (nSPS) is 11.9. The molecule has 0 unspecified atom stereocenters. The lowest BCUT2D eigenvalue weighted by Gasteiger charge is -2.37. The Kier molecular flexibility index (Phi) is 18.5. The van der Waals surface area contributed by atoms with E-state index in [1.54, 1.807) is 0 Å². The van der Waals surface area contributed by atoms with Gasteiger partial charge in [-0.15, -0.1) is 0 Å². The van der Waals surface area contributed by atoms with Crippen molar-refractivity contribution in [2.75, 3.05) is 0 Å². The van der Waals surface area contributed by atoms with Gasteiger partial charge in [-0.25, -0.2) is 0 Å². The van der Waals surface area contributed by atoms with Gasteiger partial charge < -0.3 is 27.1 Å². The van der Waals surface area contributed by atoms with Gasteiger partial charge >= 0.3 is 0 Å². The molecule has 6 nitrogen and oxygen atoms in total. The molecule has 6 heterocycles. The lowest BCUT2D eigenvalue weighted by atomic mass is 10.0. The molecule has 26 rings (SSSR count). The molecule has 20 aromatic carbocycles. The Hall–Kier alpha value is -16.4. The van der Waals surface area contributed by atoms with Crippen molar-refractivity contribution in [2.45, 2.75) is 0 Å². The Bertz CT molecular complexity index is 8180. The molecular weight excluding hydrogens is 1590 g/mol. The largest absolute Gasteiger partial charge is 0.454 e. The van der Waals surface area contributed by atoms with Gasteiger partial charge in [0.2, 0.25) is 0 Å². The molecule has 0 fully saturated rings. The zero-order chi connectivity index (χ0) is 84.6. The number of furan rings is 2. The molecule has 128 heavy (non-hydrogen) atoms. The van der Waals surface area contributed by atoms with E-state index in [2.05, 4.69) is 516 Å². The third kappa shape index (κ3) is 12.2. The Morgan fingerprint density at radius 2 is 0.391 bits per heavy atom. The first-order valence-corrected chi connectivity index (χ1v) is 47.9. The first-order chi connectivity index (χ1) is 63.5. The maximum atomic E-state index is 6.65. The third-order valence-electron chi connectivity index (χ3n) is 26.4. The van der Waals surface area contributed by atoms with Crippen LogP contribution in [0.15, 0.2) is 506 Å². The van der Waals surface area contributed by atoms with Gasteiger partial charge in [0.15, 0.2) is 27.3 Å². The number of hydrogen-bond donors (Lipinski definition) is 0. The Balaban J connectivity index is 0.000000107. The van der Waals surface area contributed by atoms with Gasteiger partial charge in [0.05, 0.1) is 55.5 Å². The summed E-state index contributed by atoms with van der Waals surface area (Å²) in [6, 6.07) is 181. The number of fused-ring (bicyclic) bond motifs is 18. The van der Waals surface area contributed by atoms with E-state index in [9.17, 15) is 0 Å². The van der Waals surface area contributed by atoms with E-state index in [-0.39, 0.29) is 0 Å². The number of rotatable bonds is 13. The number of benzene rings is 20. The molecule has 0 amide bonds. The summed E-state index contributed by atoms with van der Waals surface area (Å²) in [4.78, 5) is 0. The fourth-order valence-electron chi connectivity index (χ4n) is 20.9. The molecule has 0 bridgehead atoms. The maximum Gasteiger partial charge on any atom is 0.179 e. The van der Waals surface area contributed by atoms with Crippen molar-refractivity contribution in [1.82, 2.24) is 18.3 Å². The quantitative estimate of drug-likeness (QED) is 0.0853. The number of para-hydroxylation sites is 10. The van der Waals surface area contributed by atoms with Gasteiger partial charge in [-0.05, 0) is 162 Å². The van der Waals surface area contributed by atoms with Crippen LogP contribution in [0.1, 0.15) is 0 Å². The molecule has 0 saturated carbocycles. The van der Waals surface area contributed by atoms with E-state index in [4.69, 9.17) is 8.83 Å². The van der Waals surface area contributed by atoms with Crippen LogP contribution in [-0.4, -0.2) is 34.4 Å². The second kappa shape index (κ2) is 31.4. The predicted octanol–water partition coefficient (Wildman–Crippen LogP) is 25.7. The van der Waals surface area contributed by atoms with Crippen LogP contribution in [0.3, 0.4) is 0 Å². The van der Waals surface area contributed by atoms with Gasteiger partial charge in [-0.1, -0.05) is 388 Å². The van der Waals surface area contributed by atoms with Crippen molar-refractivity contribution < 1.29 is 8.83 Å². The van der Waals surface area contributed by atoms with E-state index < -0.39 is 16.1 Å². The van der Waals surface area contributed by atoms with Gasteiger partial charge in [-0.2, -0.15) is 0 Å². The summed E-state index contributed by atoms with van der Waals surface area (Å²) in [6.45, 7) is 0. The fourth-order valence-corrected chi connectivity index (χ4v) is 30.4. The maximum absolute atomic E-state index is 6.65. The summed E-state index contributed by atoms with van der Waals surface area (Å²) in [5.41, 5.74) is 19.9. The summed E-state index contributed by atoms with van der Waals surface area (Å²) >= 11 is 0. The van der Waals surface area contributed by atoms with Crippen LogP contribution >= 0.6 is 0 Å². The van der Waals surface area contributed by atoms with Crippen LogP contribution in [-0.2, 0) is 0 Å². The molecule has 0 spiro atoms. The molecule has 0 aliphatic heterocycles. The van der Waals surface area contributed by atoms with Crippen LogP contribution < -0.4 is 41.5 Å². The minimum absolute atomic E-state index is 0.891. The average molecular weight is 1670 g/mol. The van der Waals surface area contributed by atoms with Crippen LogP contribution in [0.25, 0.3) is 165 Å². The zero-order valence-corrected chi connectivity index (χ0v) is 71.9. The van der Waals surface area contributed by atoms with Gasteiger partial charge in [0.1, 0.15) is 11.2 Å². The summed E-state index contributed by atoms with van der Waals surface area (Å²) in [6.07, 6.45) is 0. The van der Waals surface area contributed by atoms with Crippen molar-refractivity contribution in [2.24, 2.45) is 0 Å². The first-order valence-electron chi connectivity index (χ1n) is 43.9. The molecule has 0 aliphatic rings. The monoisotopic (exact) mass is 1670 g/mol. The summed E-state index contributed by atoms with van der Waals surface area (Å²) in [5.74, 6) is 0. The second-order valence-corrected chi connectivity index (χ2v) is 40.8. The van der Waals surface area contributed by atoms with Crippen molar-refractivity contribution in [3.05, 3.63) is 497 Å². The molecule has 0 radical (unpaired) electrons. The molecule has 602 valence electrons. The highest BCUT2D eigenvalue weighted by Crippen LogP contribution is 2.44. The standard InChI is InChI=1S/C42H26N2O.C42H34Si2.C36H22N2O/c1-2-11-29(12-3-1)43-36-17-7-6-15-32(36)34-25-27(21-23-39(34)43)28-22-24-41-35(26-28)33-16-10-20-40(42(33)45-41)44-37-18-8-4-13-30(37)31-14-5-9-19-38(31)44;1-7-19-35(20-8-1)43(36-21-9-2-10-22-36,37-23-11-3-12-24-37)41-31-33-42(34-32-41)44(38-25-13-4-14-26-38,39-27-15-5-16-28-39)40-29-17-6-18-30-40;1-5-15-30-24(10-1)25-11-2-6-16-31(25)37(30)23-20-21-35-29(22-23)28-14-9-19-34(36(28)39-35)38-32-17-7-3-12-26(32)27-13-4-8-18-33(27)38/h1-26H;1-34H;1-22H. The SMILES string of the molecule is c1cc(-n2c3ccccc3c3ccccc32)c2oc3ccc(-n4c5ccccc5c5ccccc54)cc3c2c1.c1ccc(-n2c3ccccc3c3cc(-c4ccc5oc6c(-n7c8ccccc8c8ccccc87)cccc6c5c4)ccc32)cc1.c1ccc([Si](c2ccccc2)(c2ccccc2)c2ccc([Si](c3ccccc3)(c3ccccc3)c3ccccc3)cc2)cc1. The van der Waals surface area contributed by atoms with Crippen molar-refractivity contribution >= 4 is 189 Å². The minimum Gasteiger partial charge on any atom is -0.454 e. The average Bonchev–Trinajstić information content (AvgIpc) is 0.914. The molecule has 26 aromatic rings. The van der Waals surface area contributed by atoms with Gasteiger partial charge in [-0.3, -0.25) is 0 Å². The van der Waals surface area contributed by atoms with Crippen molar-refractivity contribution in [1.29, 1.82) is 0 Å². The van der Waals surface area contributed by atoms with Gasteiger partial charge in [0, 0.05) is 76.0 Å². The Morgan fingerprint density at radius 3 is 0.734 bits per heavy atom. The highest BCUT2D eigenvalue weighted by atomic mass is 28.3. The number of nitrogens with zero attached hydrogens (tertiary/aromatic N) is 4. The van der Waals surface area contributed by atoms with Crippen LogP contribution in [0, 0.1) is 0 Å². The summed E-state index contributed by atoms with van der Waals surface area (Å²) < 4.78 is 22.7. The van der Waals surface area contributed by atoms with E-state index >= 15 is 0 Å². The van der Waals surface area contributed by atoms with Gasteiger partial charge in [0.25, 0.3) is 0 Å². The molecule has 8 heteroatoms. The molecular formula is C120H82N4O2Si2. The highest BCUT2D eigenvalue weighted by molar-refractivity contribution is 7.21. The van der Waals surface area contributed by atoms with Crippen molar-refractivity contribution in [3.8, 4) is 33.9 Å². The Labute approximate surface area is 741 Å². The first kappa shape index (κ1) is 75.4. The van der Waals surface area contributed by atoms with E-state index in [1.165, 1.54) is 146 Å². The molecule has 0 aliphatic carbocycles. The zero-order valence-electron chi connectivity index (χ0n) is 69.9. The second-order valence-electron chi connectivity index (χ2n) is 33.2. The summed E-state index contributed by atoms with van der Waals surface area (Å²) in [7, 11) is -5.21. The summed E-state index contributed by atoms with van der Waals surface area (Å²) in [5, 5.41) is 25.6. The number of hydrogen-bond acceptors (Lipinski definition) is 2. The highest BCUT2D eigenvalue weighted by Gasteiger charge is 2.44. The lowest BCUT2D eigenvalue weighted by molar-refractivity contribution is 0.666. The third-order valence-corrected chi connectivity index (χ3v) is 36.0.